The van der Waals surface area contributed by atoms with Crippen LogP contribution in [0.4, 0.5) is 5.69 Å². The summed E-state index contributed by atoms with van der Waals surface area (Å²) in [4.78, 5) is 28.3. The maximum atomic E-state index is 11.8. The van der Waals surface area contributed by atoms with Crippen LogP contribution in [0.3, 0.4) is 0 Å². The first-order valence-electron chi connectivity index (χ1n) is 5.74. The molecule has 0 fully saturated rings. The molecular weight excluding hydrogens is 260 g/mol. The van der Waals surface area contributed by atoms with Gasteiger partial charge in [-0.1, -0.05) is 0 Å². The summed E-state index contributed by atoms with van der Waals surface area (Å²) in [6.07, 6.45) is 1.54. The van der Waals surface area contributed by atoms with Crippen LogP contribution in [0.25, 0.3) is 5.82 Å². The lowest BCUT2D eigenvalue weighted by Gasteiger charge is -2.08. The van der Waals surface area contributed by atoms with E-state index in [4.69, 9.17) is 11.5 Å². The minimum absolute atomic E-state index is 0.0742. The molecule has 0 radical (unpaired) electrons. The van der Waals surface area contributed by atoms with Crippen molar-refractivity contribution in [3.05, 3.63) is 35.8 Å². The van der Waals surface area contributed by atoms with Crippen molar-refractivity contribution in [1.82, 2.24) is 19.7 Å². The van der Waals surface area contributed by atoms with Crippen LogP contribution in [-0.2, 0) is 0 Å². The molecule has 20 heavy (non-hydrogen) atoms. The number of primary amides is 1. The summed E-state index contributed by atoms with van der Waals surface area (Å²) in [6, 6.07) is 4.48. The van der Waals surface area contributed by atoms with Crippen molar-refractivity contribution >= 4 is 17.5 Å². The topological polar surface area (TPSA) is 120 Å². The molecule has 0 bridgehead atoms. The highest BCUT2D eigenvalue weighted by Gasteiger charge is 2.14. The molecule has 2 heterocycles. The summed E-state index contributed by atoms with van der Waals surface area (Å²) in [6.45, 7) is 0. The van der Waals surface area contributed by atoms with E-state index >= 15 is 0 Å². The predicted molar refractivity (Wildman–Crippen MR) is 72.3 cm³/mol. The van der Waals surface area contributed by atoms with E-state index in [1.165, 1.54) is 21.7 Å². The van der Waals surface area contributed by atoms with Gasteiger partial charge in [-0.2, -0.15) is 5.10 Å². The fourth-order valence-corrected chi connectivity index (χ4v) is 1.56. The summed E-state index contributed by atoms with van der Waals surface area (Å²) >= 11 is 0. The zero-order valence-corrected chi connectivity index (χ0v) is 11.1. The zero-order chi connectivity index (χ0) is 14.9. The van der Waals surface area contributed by atoms with Crippen molar-refractivity contribution < 1.29 is 9.59 Å². The number of carbonyl (C=O) groups excluding carboxylic acids is 2. The van der Waals surface area contributed by atoms with Crippen molar-refractivity contribution in [2.45, 2.75) is 0 Å². The maximum absolute atomic E-state index is 11.8. The second kappa shape index (κ2) is 5.00. The second-order valence-corrected chi connectivity index (χ2v) is 4.32. The number of rotatable bonds is 3. The zero-order valence-electron chi connectivity index (χ0n) is 11.1. The first-order chi connectivity index (χ1) is 9.40. The SMILES string of the molecule is CN(C)C(=O)c1ccn(-c2nc(C(N)=O)ccc2N)n1. The van der Waals surface area contributed by atoms with E-state index < -0.39 is 5.91 Å². The van der Waals surface area contributed by atoms with Gasteiger partial charge in [0.05, 0.1) is 5.69 Å². The van der Waals surface area contributed by atoms with Gasteiger partial charge in [0, 0.05) is 20.3 Å². The first-order valence-corrected chi connectivity index (χ1v) is 5.74. The molecular formula is C12H14N6O2. The van der Waals surface area contributed by atoms with Gasteiger partial charge < -0.3 is 16.4 Å². The van der Waals surface area contributed by atoms with Crippen LogP contribution < -0.4 is 11.5 Å². The van der Waals surface area contributed by atoms with E-state index in [9.17, 15) is 9.59 Å². The van der Waals surface area contributed by atoms with Gasteiger partial charge in [0.2, 0.25) is 0 Å². The molecule has 0 atom stereocenters. The van der Waals surface area contributed by atoms with E-state index in [2.05, 4.69) is 10.1 Å². The average molecular weight is 274 g/mol. The summed E-state index contributed by atoms with van der Waals surface area (Å²) in [7, 11) is 3.25. The fourth-order valence-electron chi connectivity index (χ4n) is 1.56. The number of nitrogen functional groups attached to an aromatic ring is 1. The Morgan fingerprint density at radius 2 is 1.90 bits per heavy atom. The van der Waals surface area contributed by atoms with Crippen LogP contribution in [0.1, 0.15) is 21.0 Å². The first kappa shape index (κ1) is 13.5. The quantitative estimate of drug-likeness (QED) is 0.792. The molecule has 2 aromatic heterocycles. The molecule has 0 aliphatic heterocycles. The van der Waals surface area contributed by atoms with Gasteiger partial charge >= 0.3 is 0 Å². The van der Waals surface area contributed by atoms with Crippen LogP contribution in [0.2, 0.25) is 0 Å². The molecule has 0 saturated heterocycles. The Hall–Kier alpha value is -2.90. The Balaban J connectivity index is 2.44. The van der Waals surface area contributed by atoms with Gasteiger partial charge in [0.25, 0.3) is 11.8 Å². The molecule has 2 rings (SSSR count). The molecule has 2 amide bonds. The highest BCUT2D eigenvalue weighted by Crippen LogP contribution is 2.15. The van der Waals surface area contributed by atoms with Crippen molar-refractivity contribution in [1.29, 1.82) is 0 Å². The number of anilines is 1. The van der Waals surface area contributed by atoms with E-state index in [1.54, 1.807) is 26.4 Å². The van der Waals surface area contributed by atoms with Crippen molar-refractivity contribution in [3.63, 3.8) is 0 Å². The molecule has 4 N–H and O–H groups in total. The molecule has 8 heteroatoms. The molecule has 8 nitrogen and oxygen atoms in total. The van der Waals surface area contributed by atoms with Crippen LogP contribution in [0, 0.1) is 0 Å². The lowest BCUT2D eigenvalue weighted by Crippen LogP contribution is -2.22. The molecule has 0 spiro atoms. The molecule has 0 aliphatic rings. The summed E-state index contributed by atoms with van der Waals surface area (Å²) < 4.78 is 1.33. The third-order valence-electron chi connectivity index (χ3n) is 2.59. The third kappa shape index (κ3) is 2.44. The molecule has 0 aliphatic carbocycles. The van der Waals surface area contributed by atoms with Crippen LogP contribution >= 0.6 is 0 Å². The number of hydrogen-bond donors (Lipinski definition) is 2. The Labute approximate surface area is 115 Å². The van der Waals surface area contributed by atoms with Gasteiger partial charge in [-0.3, -0.25) is 9.59 Å². The van der Waals surface area contributed by atoms with Crippen LogP contribution in [0.5, 0.6) is 0 Å². The molecule has 104 valence electrons. The maximum Gasteiger partial charge on any atom is 0.273 e. The van der Waals surface area contributed by atoms with Crippen molar-refractivity contribution in [2.75, 3.05) is 19.8 Å². The highest BCUT2D eigenvalue weighted by molar-refractivity contribution is 5.92. The van der Waals surface area contributed by atoms with E-state index in [-0.39, 0.29) is 23.1 Å². The molecule has 0 saturated carbocycles. The van der Waals surface area contributed by atoms with Gasteiger partial charge in [-0.05, 0) is 18.2 Å². The number of aromatic nitrogens is 3. The average Bonchev–Trinajstić information content (AvgIpc) is 2.87. The van der Waals surface area contributed by atoms with Gasteiger partial charge in [-0.25, -0.2) is 9.67 Å². The fraction of sp³-hybridized carbons (Fsp3) is 0.167. The van der Waals surface area contributed by atoms with E-state index in [1.807, 2.05) is 0 Å². The summed E-state index contributed by atoms with van der Waals surface area (Å²) in [5, 5.41) is 4.09. The highest BCUT2D eigenvalue weighted by atomic mass is 16.2. The van der Waals surface area contributed by atoms with Crippen molar-refractivity contribution in [2.24, 2.45) is 5.73 Å². The number of carbonyl (C=O) groups is 2. The monoisotopic (exact) mass is 274 g/mol. The third-order valence-corrected chi connectivity index (χ3v) is 2.59. The lowest BCUT2D eigenvalue weighted by atomic mass is 10.3. The molecule has 2 aromatic rings. The molecule has 0 aromatic carbocycles. The minimum Gasteiger partial charge on any atom is -0.396 e. The van der Waals surface area contributed by atoms with E-state index in [0.717, 1.165) is 0 Å². The minimum atomic E-state index is -0.664. The van der Waals surface area contributed by atoms with Crippen molar-refractivity contribution in [3.8, 4) is 5.82 Å². The summed E-state index contributed by atoms with van der Waals surface area (Å²) in [5.74, 6) is -0.657. The largest absolute Gasteiger partial charge is 0.396 e. The molecule has 0 unspecified atom stereocenters. The normalized spacial score (nSPS) is 10.3. The predicted octanol–water partition coefficient (Wildman–Crippen LogP) is -0.350. The van der Waals surface area contributed by atoms with E-state index in [0.29, 0.717) is 5.69 Å². The lowest BCUT2D eigenvalue weighted by molar-refractivity contribution is 0.0821. The van der Waals surface area contributed by atoms with Gasteiger partial charge in [0.15, 0.2) is 11.5 Å². The summed E-state index contributed by atoms with van der Waals surface area (Å²) in [5.41, 5.74) is 11.6. The number of nitrogens with two attached hydrogens (primary N) is 2. The number of pyridine rings is 1. The van der Waals surface area contributed by atoms with Crippen LogP contribution in [0.15, 0.2) is 24.4 Å². The Kier molecular flexibility index (Phi) is 3.38. The van der Waals surface area contributed by atoms with Gasteiger partial charge in [-0.15, -0.1) is 0 Å². The second-order valence-electron chi connectivity index (χ2n) is 4.32. The number of amides is 2. The Bertz CT molecular complexity index is 676. The number of nitrogens with zero attached hydrogens (tertiary/aromatic N) is 4. The standard InChI is InChI=1S/C12H14N6O2/c1-17(2)12(20)9-5-6-18(16-9)11-7(13)3-4-8(15-11)10(14)19/h3-6H,13H2,1-2H3,(H2,14,19). The Morgan fingerprint density at radius 1 is 1.20 bits per heavy atom. The Morgan fingerprint density at radius 3 is 2.50 bits per heavy atom. The van der Waals surface area contributed by atoms with Crippen LogP contribution in [-0.4, -0.2) is 45.6 Å². The smallest absolute Gasteiger partial charge is 0.273 e. The van der Waals surface area contributed by atoms with Gasteiger partial charge in [0.1, 0.15) is 5.69 Å². The number of hydrogen-bond acceptors (Lipinski definition) is 5.